The van der Waals surface area contributed by atoms with Gasteiger partial charge in [0, 0.05) is 16.8 Å². The molecule has 10 heteroatoms. The van der Waals surface area contributed by atoms with E-state index in [2.05, 4.69) is 0 Å². The number of phosphoric acid groups is 1. The summed E-state index contributed by atoms with van der Waals surface area (Å²) in [7, 11) is -4.64. The van der Waals surface area contributed by atoms with Gasteiger partial charge in [-0.2, -0.15) is 0 Å². The molecule has 0 fully saturated rings. The molecule has 1 radical (unpaired) electrons. The maximum Gasteiger partial charge on any atom is 0.466 e. The molecular formula is H11CoO8P. The van der Waals surface area contributed by atoms with E-state index in [4.69, 9.17) is 19.2 Å². The van der Waals surface area contributed by atoms with Gasteiger partial charge in [0.2, 0.25) is 0 Å². The molecule has 0 aliphatic carbocycles. The third-order valence-electron chi connectivity index (χ3n) is 0. The molecule has 0 aromatic carbocycles. The maximum atomic E-state index is 8.88. The molecular weight excluding hydrogens is 218 g/mol. The Hall–Kier alpha value is 0.456. The van der Waals surface area contributed by atoms with Crippen LogP contribution in [0.1, 0.15) is 0 Å². The summed E-state index contributed by atoms with van der Waals surface area (Å²) in [5.41, 5.74) is 0. The van der Waals surface area contributed by atoms with Crippen molar-refractivity contribution in [3.8, 4) is 0 Å². The van der Waals surface area contributed by atoms with E-state index >= 15 is 0 Å². The maximum absolute atomic E-state index is 8.88. The monoisotopic (exact) mass is 229 g/mol. The van der Waals surface area contributed by atoms with Crippen molar-refractivity contribution in [2.24, 2.45) is 0 Å². The van der Waals surface area contributed by atoms with Crippen LogP contribution in [0.2, 0.25) is 0 Å². The van der Waals surface area contributed by atoms with Crippen molar-refractivity contribution in [2.75, 3.05) is 0 Å². The third kappa shape index (κ3) is 2260. The van der Waals surface area contributed by atoms with Crippen LogP contribution in [-0.4, -0.2) is 36.6 Å². The zero-order valence-corrected chi connectivity index (χ0v) is 6.47. The van der Waals surface area contributed by atoms with E-state index in [-0.39, 0.29) is 38.7 Å². The van der Waals surface area contributed by atoms with E-state index < -0.39 is 7.82 Å². The fraction of sp³-hybridized carbons (Fsp3) is 0. The number of hydrogen-bond donors (Lipinski definition) is 3. The summed E-state index contributed by atoms with van der Waals surface area (Å²) >= 11 is 0. The molecule has 0 bridgehead atoms. The summed E-state index contributed by atoms with van der Waals surface area (Å²) in [6.07, 6.45) is 0. The topological polar surface area (TPSA) is 204 Å². The molecule has 10 heavy (non-hydrogen) atoms. The van der Waals surface area contributed by atoms with Gasteiger partial charge in [0.05, 0.1) is 0 Å². The molecule has 8 nitrogen and oxygen atoms in total. The minimum atomic E-state index is -4.64. The Morgan fingerprint density at radius 2 is 0.800 bits per heavy atom. The van der Waals surface area contributed by atoms with Gasteiger partial charge in [-0.05, 0) is 0 Å². The van der Waals surface area contributed by atoms with Crippen molar-refractivity contribution >= 4 is 7.82 Å². The van der Waals surface area contributed by atoms with Gasteiger partial charge < -0.3 is 36.6 Å². The van der Waals surface area contributed by atoms with E-state index in [1.807, 2.05) is 0 Å². The van der Waals surface area contributed by atoms with Crippen molar-refractivity contribution < 1.29 is 57.9 Å². The molecule has 0 amide bonds. The van der Waals surface area contributed by atoms with Crippen molar-refractivity contribution in [1.82, 2.24) is 0 Å². The largest absolute Gasteiger partial charge is 0.466 e. The average Bonchev–Trinajstić information content (AvgIpc) is 0.722. The van der Waals surface area contributed by atoms with Gasteiger partial charge >= 0.3 is 7.82 Å². The van der Waals surface area contributed by atoms with Crippen LogP contribution in [-0.2, 0) is 21.3 Å². The first-order valence-electron chi connectivity index (χ1n) is 0.783. The van der Waals surface area contributed by atoms with E-state index in [0.29, 0.717) is 0 Å². The summed E-state index contributed by atoms with van der Waals surface area (Å²) in [6, 6.07) is 0. The summed E-state index contributed by atoms with van der Waals surface area (Å²) in [4.78, 5) is 21.6. The summed E-state index contributed by atoms with van der Waals surface area (Å²) in [5, 5.41) is 0. The first kappa shape index (κ1) is 47.1. The van der Waals surface area contributed by atoms with E-state index in [1.54, 1.807) is 0 Å². The van der Waals surface area contributed by atoms with Gasteiger partial charge in [-0.3, -0.25) is 0 Å². The molecule has 11 N–H and O–H groups in total. The molecule has 0 aliphatic rings. The molecule has 0 aliphatic heterocycles. The van der Waals surface area contributed by atoms with Crippen LogP contribution in [0.25, 0.3) is 0 Å². The van der Waals surface area contributed by atoms with Gasteiger partial charge in [0.25, 0.3) is 0 Å². The molecule has 0 spiro atoms. The molecule has 0 aromatic rings. The fourth-order valence-corrected chi connectivity index (χ4v) is 0. The van der Waals surface area contributed by atoms with Crippen LogP contribution in [0, 0.1) is 0 Å². The minimum Gasteiger partial charge on any atom is -0.412 e. The van der Waals surface area contributed by atoms with Gasteiger partial charge in [-0.25, -0.2) is 4.57 Å². The van der Waals surface area contributed by atoms with E-state index in [9.17, 15) is 0 Å². The Bertz CT molecular complexity index is 55.4. The fourth-order valence-electron chi connectivity index (χ4n) is 0. The van der Waals surface area contributed by atoms with Gasteiger partial charge in [-0.1, -0.05) is 0 Å². The molecule has 0 saturated heterocycles. The predicted octanol–water partition coefficient (Wildman–Crippen LogP) is -4.23. The first-order valence-corrected chi connectivity index (χ1v) is 2.35. The van der Waals surface area contributed by atoms with Crippen molar-refractivity contribution in [2.45, 2.75) is 0 Å². The average molecular weight is 229 g/mol. The van der Waals surface area contributed by atoms with E-state index in [0.717, 1.165) is 0 Å². The molecule has 73 valence electrons. The first-order chi connectivity index (χ1) is 2.00. The second-order valence-electron chi connectivity index (χ2n) is 0.513. The second-order valence-corrected chi connectivity index (χ2v) is 1.54. The van der Waals surface area contributed by atoms with Crippen molar-refractivity contribution in [1.29, 1.82) is 0 Å². The zero-order valence-electron chi connectivity index (χ0n) is 4.53. The smallest absolute Gasteiger partial charge is 0.412 e. The summed E-state index contributed by atoms with van der Waals surface area (Å²) in [6.45, 7) is 0. The number of hydrogen-bond acceptors (Lipinski definition) is 1. The van der Waals surface area contributed by atoms with Crippen LogP contribution in [0.5, 0.6) is 0 Å². The Balaban J connectivity index is -0.00000000800. The van der Waals surface area contributed by atoms with Crippen LogP contribution in [0.4, 0.5) is 0 Å². The van der Waals surface area contributed by atoms with Crippen LogP contribution < -0.4 is 0 Å². The minimum absolute atomic E-state index is 0. The quantitative estimate of drug-likeness (QED) is 0.352. The molecule has 0 saturated carbocycles. The van der Waals surface area contributed by atoms with Gasteiger partial charge in [0.15, 0.2) is 0 Å². The standard InChI is InChI=1S/Co.H3O4P.4H2O/c;1-5(2,3)4;;;;/h;(H3,1,2,3,4);4*1H2. The molecule has 0 heterocycles. The normalized spacial score (nSPS) is 5.90. The van der Waals surface area contributed by atoms with Crippen LogP contribution in [0.3, 0.4) is 0 Å². The molecule has 0 aromatic heterocycles. The third-order valence-corrected chi connectivity index (χ3v) is 0. The molecule has 0 unspecified atom stereocenters. The van der Waals surface area contributed by atoms with Crippen LogP contribution in [0.15, 0.2) is 0 Å². The second kappa shape index (κ2) is 16.2. The van der Waals surface area contributed by atoms with Gasteiger partial charge in [-0.15, -0.1) is 0 Å². The molecule has 0 rings (SSSR count). The Morgan fingerprint density at radius 1 is 0.800 bits per heavy atom. The Labute approximate surface area is 66.5 Å². The number of rotatable bonds is 0. The SMILES string of the molecule is O.O.O.O.O=P(O)(O)O.[Co]. The summed E-state index contributed by atoms with van der Waals surface area (Å²) in [5.74, 6) is 0. The Morgan fingerprint density at radius 3 is 0.800 bits per heavy atom. The predicted molar refractivity (Wildman–Crippen MR) is 28.7 cm³/mol. The zero-order chi connectivity index (χ0) is 4.50. The van der Waals surface area contributed by atoms with E-state index in [1.165, 1.54) is 0 Å². The van der Waals surface area contributed by atoms with Gasteiger partial charge in [0.1, 0.15) is 0 Å². The van der Waals surface area contributed by atoms with Crippen molar-refractivity contribution in [3.63, 3.8) is 0 Å². The van der Waals surface area contributed by atoms with Crippen molar-refractivity contribution in [3.05, 3.63) is 0 Å². The summed E-state index contributed by atoms with van der Waals surface area (Å²) < 4.78 is 8.88. The van der Waals surface area contributed by atoms with Crippen LogP contribution >= 0.6 is 7.82 Å². The molecule has 0 atom stereocenters. The Kier molecular flexibility index (Phi) is 76.4.